The van der Waals surface area contributed by atoms with Gasteiger partial charge >= 0.3 is 5.97 Å². The van der Waals surface area contributed by atoms with Crippen molar-refractivity contribution >= 4 is 21.9 Å². The largest absolute Gasteiger partial charge is 0.467 e. The molecule has 3 nitrogen and oxygen atoms in total. The van der Waals surface area contributed by atoms with Crippen LogP contribution in [0.25, 0.3) is 0 Å². The van der Waals surface area contributed by atoms with Crippen molar-refractivity contribution in [2.75, 3.05) is 7.11 Å². The van der Waals surface area contributed by atoms with E-state index in [1.807, 2.05) is 26.0 Å². The highest BCUT2D eigenvalue weighted by atomic mass is 79.9. The van der Waals surface area contributed by atoms with E-state index >= 15 is 0 Å². The third-order valence-corrected chi connectivity index (χ3v) is 3.80. The fourth-order valence-corrected chi connectivity index (χ4v) is 1.90. The molecule has 1 unspecified atom stereocenters. The highest BCUT2D eigenvalue weighted by Crippen LogP contribution is 2.24. The Balaban J connectivity index is 2.90. The third-order valence-electron chi connectivity index (χ3n) is 2.58. The first-order valence-electron chi connectivity index (χ1n) is 4.97. The molecule has 0 aliphatic rings. The molecule has 0 aliphatic carbocycles. The summed E-state index contributed by atoms with van der Waals surface area (Å²) >= 11 is 3.48. The molecule has 0 aromatic heterocycles. The fraction of sp³-hybridized carbons (Fsp3) is 0.417. The second-order valence-electron chi connectivity index (χ2n) is 3.72. The zero-order chi connectivity index (χ0) is 12.3. The third kappa shape index (κ3) is 2.83. The van der Waals surface area contributed by atoms with Gasteiger partial charge in [0.05, 0.1) is 7.11 Å². The summed E-state index contributed by atoms with van der Waals surface area (Å²) in [6.07, 6.45) is -0.824. The zero-order valence-electron chi connectivity index (χ0n) is 9.58. The van der Waals surface area contributed by atoms with Crippen molar-refractivity contribution in [1.82, 2.24) is 0 Å². The molecule has 0 fully saturated rings. The van der Waals surface area contributed by atoms with Crippen molar-refractivity contribution in [3.8, 4) is 0 Å². The predicted molar refractivity (Wildman–Crippen MR) is 65.3 cm³/mol. The smallest absolute Gasteiger partial charge is 0.335 e. The lowest BCUT2D eigenvalue weighted by atomic mass is 10.0. The molecule has 1 N–H and O–H groups in total. The van der Waals surface area contributed by atoms with Crippen molar-refractivity contribution in [1.29, 1.82) is 0 Å². The molecule has 1 aromatic rings. The van der Waals surface area contributed by atoms with Gasteiger partial charge in [-0.2, -0.15) is 0 Å². The number of ether oxygens (including phenoxy) is 1. The topological polar surface area (TPSA) is 46.5 Å². The van der Waals surface area contributed by atoms with Gasteiger partial charge in [-0.15, -0.1) is 0 Å². The van der Waals surface area contributed by atoms with Gasteiger partial charge in [0.1, 0.15) is 0 Å². The number of hydrogen-bond donors (Lipinski definition) is 1. The number of benzene rings is 1. The van der Waals surface area contributed by atoms with E-state index in [0.717, 1.165) is 21.2 Å². The monoisotopic (exact) mass is 286 g/mol. The number of rotatable bonds is 3. The molecule has 0 bridgehead atoms. The van der Waals surface area contributed by atoms with Crippen molar-refractivity contribution in [2.45, 2.75) is 26.4 Å². The van der Waals surface area contributed by atoms with Crippen LogP contribution in [0.15, 0.2) is 16.6 Å². The molecule has 16 heavy (non-hydrogen) atoms. The van der Waals surface area contributed by atoms with E-state index in [0.29, 0.717) is 0 Å². The SMILES string of the molecule is COC(=O)C(O)Cc1ccc(C)c(Br)c1C. The number of carbonyl (C=O) groups excluding carboxylic acids is 1. The van der Waals surface area contributed by atoms with Gasteiger partial charge < -0.3 is 9.84 Å². The van der Waals surface area contributed by atoms with Gasteiger partial charge in [0.2, 0.25) is 0 Å². The lowest BCUT2D eigenvalue weighted by molar-refractivity contribution is -0.150. The Morgan fingerprint density at radius 1 is 1.50 bits per heavy atom. The highest BCUT2D eigenvalue weighted by molar-refractivity contribution is 9.10. The van der Waals surface area contributed by atoms with Crippen molar-refractivity contribution in [3.63, 3.8) is 0 Å². The van der Waals surface area contributed by atoms with E-state index in [2.05, 4.69) is 20.7 Å². The first-order valence-corrected chi connectivity index (χ1v) is 5.77. The van der Waals surface area contributed by atoms with Gasteiger partial charge in [0.15, 0.2) is 6.10 Å². The van der Waals surface area contributed by atoms with Crippen LogP contribution in [-0.2, 0) is 16.0 Å². The molecule has 0 radical (unpaired) electrons. The minimum atomic E-state index is -1.10. The number of halogens is 1. The summed E-state index contributed by atoms with van der Waals surface area (Å²) in [7, 11) is 1.27. The average Bonchev–Trinajstić information content (AvgIpc) is 2.28. The van der Waals surface area contributed by atoms with Crippen LogP contribution < -0.4 is 0 Å². The van der Waals surface area contributed by atoms with Gasteiger partial charge in [-0.05, 0) is 30.5 Å². The Morgan fingerprint density at radius 2 is 2.12 bits per heavy atom. The summed E-state index contributed by atoms with van der Waals surface area (Å²) in [5.41, 5.74) is 3.12. The standard InChI is InChI=1S/C12H15BrO3/c1-7-4-5-9(8(2)11(7)13)6-10(14)12(15)16-3/h4-5,10,14H,6H2,1-3H3. The highest BCUT2D eigenvalue weighted by Gasteiger charge is 2.17. The normalized spacial score (nSPS) is 12.3. The van der Waals surface area contributed by atoms with Crippen LogP contribution in [0, 0.1) is 13.8 Å². The number of aliphatic hydroxyl groups excluding tert-OH is 1. The molecule has 0 aliphatic heterocycles. The molecule has 0 heterocycles. The van der Waals surface area contributed by atoms with E-state index in [9.17, 15) is 9.90 Å². The lowest BCUT2D eigenvalue weighted by Gasteiger charge is -2.12. The van der Waals surface area contributed by atoms with Gasteiger partial charge in [-0.25, -0.2) is 4.79 Å². The molecule has 0 amide bonds. The molecule has 4 heteroatoms. The minimum absolute atomic E-state index is 0.275. The molecule has 0 spiro atoms. The molecule has 1 atom stereocenters. The Labute approximate surface area is 104 Å². The maximum Gasteiger partial charge on any atom is 0.335 e. The lowest BCUT2D eigenvalue weighted by Crippen LogP contribution is -2.24. The quantitative estimate of drug-likeness (QED) is 0.866. The van der Waals surface area contributed by atoms with Crippen LogP contribution in [0.4, 0.5) is 0 Å². The number of hydrogen-bond acceptors (Lipinski definition) is 3. The number of aryl methyl sites for hydroxylation is 1. The second-order valence-corrected chi connectivity index (χ2v) is 4.52. The first-order chi connectivity index (χ1) is 7.47. The summed E-state index contributed by atoms with van der Waals surface area (Å²) < 4.78 is 5.49. The van der Waals surface area contributed by atoms with Gasteiger partial charge in [-0.1, -0.05) is 28.1 Å². The van der Waals surface area contributed by atoms with Crippen LogP contribution in [0.5, 0.6) is 0 Å². The predicted octanol–water partition coefficient (Wildman–Crippen LogP) is 2.14. The Morgan fingerprint density at radius 3 is 2.69 bits per heavy atom. The van der Waals surface area contributed by atoms with Crippen LogP contribution in [0.1, 0.15) is 16.7 Å². The van der Waals surface area contributed by atoms with E-state index in [-0.39, 0.29) is 6.42 Å². The van der Waals surface area contributed by atoms with Gasteiger partial charge in [0, 0.05) is 10.9 Å². The molecular formula is C12H15BrO3. The molecule has 1 rings (SSSR count). The van der Waals surface area contributed by atoms with E-state index in [4.69, 9.17) is 0 Å². The first kappa shape index (κ1) is 13.2. The number of methoxy groups -OCH3 is 1. The number of carbonyl (C=O) groups is 1. The van der Waals surface area contributed by atoms with Gasteiger partial charge in [0.25, 0.3) is 0 Å². The van der Waals surface area contributed by atoms with Crippen LogP contribution in [0.3, 0.4) is 0 Å². The summed E-state index contributed by atoms with van der Waals surface area (Å²) in [6.45, 7) is 3.95. The van der Waals surface area contributed by atoms with E-state index < -0.39 is 12.1 Å². The second kappa shape index (κ2) is 5.46. The average molecular weight is 287 g/mol. The summed E-state index contributed by atoms with van der Waals surface area (Å²) in [5, 5.41) is 9.57. The van der Waals surface area contributed by atoms with Gasteiger partial charge in [-0.3, -0.25) is 0 Å². The molecule has 0 saturated carbocycles. The van der Waals surface area contributed by atoms with Crippen molar-refractivity contribution < 1.29 is 14.6 Å². The number of aliphatic hydroxyl groups is 1. The Hall–Kier alpha value is -0.870. The summed E-state index contributed by atoms with van der Waals surface area (Å²) in [6, 6.07) is 3.87. The molecule has 88 valence electrons. The fourth-order valence-electron chi connectivity index (χ4n) is 1.51. The van der Waals surface area contributed by atoms with Crippen molar-refractivity contribution in [2.24, 2.45) is 0 Å². The van der Waals surface area contributed by atoms with Crippen LogP contribution in [0.2, 0.25) is 0 Å². The number of esters is 1. The molecule has 1 aromatic carbocycles. The van der Waals surface area contributed by atoms with E-state index in [1.165, 1.54) is 7.11 Å². The summed E-state index contributed by atoms with van der Waals surface area (Å²) in [5.74, 6) is -0.601. The maximum atomic E-state index is 11.1. The molecule has 0 saturated heterocycles. The van der Waals surface area contributed by atoms with Crippen LogP contribution >= 0.6 is 15.9 Å². The van der Waals surface area contributed by atoms with Crippen LogP contribution in [-0.4, -0.2) is 24.3 Å². The minimum Gasteiger partial charge on any atom is -0.467 e. The summed E-state index contributed by atoms with van der Waals surface area (Å²) in [4.78, 5) is 11.1. The zero-order valence-corrected chi connectivity index (χ0v) is 11.2. The van der Waals surface area contributed by atoms with Crippen molar-refractivity contribution in [3.05, 3.63) is 33.3 Å². The Bertz CT molecular complexity index is 401. The maximum absolute atomic E-state index is 11.1. The Kier molecular flexibility index (Phi) is 4.50. The molecular weight excluding hydrogens is 272 g/mol. The van der Waals surface area contributed by atoms with E-state index in [1.54, 1.807) is 0 Å².